The van der Waals surface area contributed by atoms with Crippen molar-refractivity contribution in [3.63, 3.8) is 0 Å². The van der Waals surface area contributed by atoms with Crippen LogP contribution in [0.15, 0.2) is 28.7 Å². The van der Waals surface area contributed by atoms with E-state index in [1.54, 1.807) is 31.4 Å². The number of benzene rings is 1. The maximum atomic E-state index is 12.9. The number of sulfone groups is 1. The van der Waals surface area contributed by atoms with Gasteiger partial charge in [-0.15, -0.1) is 0 Å². The molecule has 0 aliphatic heterocycles. The molecule has 6 nitrogen and oxygen atoms in total. The predicted molar refractivity (Wildman–Crippen MR) is 99.9 cm³/mol. The summed E-state index contributed by atoms with van der Waals surface area (Å²) in [6.45, 7) is 0. The molecule has 1 amide bonds. The average molecular weight is 379 g/mol. The van der Waals surface area contributed by atoms with Crippen LogP contribution in [-0.2, 0) is 20.3 Å². The van der Waals surface area contributed by atoms with Crippen molar-refractivity contribution in [3.05, 3.63) is 35.6 Å². The summed E-state index contributed by atoms with van der Waals surface area (Å²) in [7, 11) is -1.66. The van der Waals surface area contributed by atoms with Crippen molar-refractivity contribution in [3.8, 4) is 0 Å². The van der Waals surface area contributed by atoms with Gasteiger partial charge in [0, 0.05) is 24.3 Å². The van der Waals surface area contributed by atoms with Crippen molar-refractivity contribution in [2.75, 3.05) is 13.4 Å². The molecule has 3 rings (SSSR count). The van der Waals surface area contributed by atoms with Crippen LogP contribution in [0.4, 0.5) is 0 Å². The van der Waals surface area contributed by atoms with Gasteiger partial charge in [-0.05, 0) is 18.9 Å². The highest BCUT2D eigenvalue weighted by Gasteiger charge is 2.29. The molecule has 2 atom stereocenters. The van der Waals surface area contributed by atoms with E-state index >= 15 is 0 Å². The molecule has 1 aromatic carbocycles. The summed E-state index contributed by atoms with van der Waals surface area (Å²) in [5.41, 5.74) is 0.934. The first-order valence-corrected chi connectivity index (χ1v) is 11.0. The summed E-state index contributed by atoms with van der Waals surface area (Å²) in [6, 6.07) is 7.01. The normalized spacial score (nSPS) is 21.5. The summed E-state index contributed by atoms with van der Waals surface area (Å²) in [4.78, 5) is 12.9. The summed E-state index contributed by atoms with van der Waals surface area (Å²) < 4.78 is 35.0. The third kappa shape index (κ3) is 4.27. The fourth-order valence-electron chi connectivity index (χ4n) is 3.64. The second-order valence-electron chi connectivity index (χ2n) is 6.97. The van der Waals surface area contributed by atoms with Crippen molar-refractivity contribution in [1.29, 1.82) is 0 Å². The van der Waals surface area contributed by atoms with Gasteiger partial charge in [-0.2, -0.15) is 0 Å². The Hall–Kier alpha value is -1.86. The number of methoxy groups -OCH3 is 1. The molecule has 1 aliphatic carbocycles. The molecule has 0 unspecified atom stereocenters. The first-order chi connectivity index (χ1) is 12.4. The number of ether oxygens (including phenoxy) is 1. The Morgan fingerprint density at radius 2 is 1.96 bits per heavy atom. The Bertz CT molecular complexity index is 886. The van der Waals surface area contributed by atoms with E-state index in [2.05, 4.69) is 5.32 Å². The lowest BCUT2D eigenvalue weighted by Crippen LogP contribution is -2.43. The minimum atomic E-state index is -3.31. The quantitative estimate of drug-likeness (QED) is 0.807. The van der Waals surface area contributed by atoms with Gasteiger partial charge in [0.2, 0.25) is 0 Å². The van der Waals surface area contributed by atoms with Crippen molar-refractivity contribution < 1.29 is 22.4 Å². The molecule has 1 saturated carbocycles. The number of hydrogen-bond acceptors (Lipinski definition) is 5. The van der Waals surface area contributed by atoms with Gasteiger partial charge in [0.1, 0.15) is 5.58 Å². The molecule has 0 bridgehead atoms. The number of carbonyl (C=O) groups excluding carboxylic acids is 1. The van der Waals surface area contributed by atoms with Crippen molar-refractivity contribution in [2.45, 2.75) is 50.0 Å². The maximum Gasteiger partial charge on any atom is 0.287 e. The zero-order valence-corrected chi connectivity index (χ0v) is 16.0. The Morgan fingerprint density at radius 1 is 1.23 bits per heavy atom. The molecule has 2 aromatic rings. The monoisotopic (exact) mass is 379 g/mol. The van der Waals surface area contributed by atoms with E-state index in [1.165, 1.54) is 0 Å². The number of rotatable bonds is 5. The summed E-state index contributed by atoms with van der Waals surface area (Å²) in [5, 5.41) is 3.67. The number of amides is 1. The lowest BCUT2D eigenvalue weighted by Gasteiger charge is -2.24. The summed E-state index contributed by atoms with van der Waals surface area (Å²) in [5.74, 6) is -0.532. The number of nitrogens with one attached hydrogen (secondary N) is 1. The van der Waals surface area contributed by atoms with Crippen molar-refractivity contribution in [1.82, 2.24) is 5.32 Å². The molecule has 0 saturated heterocycles. The molecular formula is C19H25NO5S. The van der Waals surface area contributed by atoms with Crippen LogP contribution in [0.2, 0.25) is 0 Å². The minimum absolute atomic E-state index is 0.0378. The van der Waals surface area contributed by atoms with Gasteiger partial charge in [0.15, 0.2) is 15.6 Å². The highest BCUT2D eigenvalue weighted by Crippen LogP contribution is 2.28. The Morgan fingerprint density at radius 3 is 2.69 bits per heavy atom. The van der Waals surface area contributed by atoms with Gasteiger partial charge in [0.05, 0.1) is 17.9 Å². The zero-order valence-electron chi connectivity index (χ0n) is 15.2. The van der Waals surface area contributed by atoms with E-state index in [4.69, 9.17) is 9.15 Å². The SMILES string of the molecule is CO[C@@H]1CCCCC[C@@H]1NC(=O)c1oc2ccccc2c1CS(C)(=O)=O. The second-order valence-corrected chi connectivity index (χ2v) is 9.11. The van der Waals surface area contributed by atoms with Crippen LogP contribution in [0.5, 0.6) is 0 Å². The van der Waals surface area contributed by atoms with Crippen LogP contribution in [0.3, 0.4) is 0 Å². The molecule has 1 aromatic heterocycles. The van der Waals surface area contributed by atoms with Crippen LogP contribution in [-0.4, -0.2) is 39.8 Å². The number of fused-ring (bicyclic) bond motifs is 1. The van der Waals surface area contributed by atoms with Crippen molar-refractivity contribution in [2.24, 2.45) is 0 Å². The van der Waals surface area contributed by atoms with Gasteiger partial charge in [-0.3, -0.25) is 4.79 Å². The third-order valence-electron chi connectivity index (χ3n) is 4.88. The van der Waals surface area contributed by atoms with E-state index in [0.717, 1.165) is 38.4 Å². The Balaban J connectivity index is 1.93. The highest BCUT2D eigenvalue weighted by molar-refractivity contribution is 7.89. The number of furan rings is 1. The van der Waals surface area contributed by atoms with Crippen LogP contribution in [0.1, 0.15) is 48.2 Å². The zero-order chi connectivity index (χ0) is 18.7. The van der Waals surface area contributed by atoms with Gasteiger partial charge >= 0.3 is 0 Å². The van der Waals surface area contributed by atoms with E-state index in [1.807, 2.05) is 0 Å². The molecule has 0 spiro atoms. The number of para-hydroxylation sites is 1. The minimum Gasteiger partial charge on any atom is -0.451 e. The molecule has 0 radical (unpaired) electrons. The topological polar surface area (TPSA) is 85.6 Å². The summed E-state index contributed by atoms with van der Waals surface area (Å²) in [6.07, 6.45) is 6.09. The maximum absolute atomic E-state index is 12.9. The average Bonchev–Trinajstić information content (AvgIpc) is 2.79. The first-order valence-electron chi connectivity index (χ1n) is 8.91. The van der Waals surface area contributed by atoms with Gasteiger partial charge < -0.3 is 14.5 Å². The standard InChI is InChI=1S/C19H25NO5S/c1-24-17-11-5-3-4-9-15(17)20-19(21)18-14(12-26(2,22)23)13-8-6-7-10-16(13)25-18/h6-8,10,15,17H,3-5,9,11-12H2,1-2H3,(H,20,21)/t15-,17+/m0/s1. The molecule has 26 heavy (non-hydrogen) atoms. The molecule has 1 fully saturated rings. The van der Waals surface area contributed by atoms with Crippen LogP contribution in [0.25, 0.3) is 11.0 Å². The van der Waals surface area contributed by atoms with Crippen molar-refractivity contribution >= 4 is 26.7 Å². The number of carbonyl (C=O) groups is 1. The largest absolute Gasteiger partial charge is 0.451 e. The van der Waals surface area contributed by atoms with Gasteiger partial charge in [-0.25, -0.2) is 8.42 Å². The molecule has 7 heteroatoms. The van der Waals surface area contributed by atoms with E-state index in [0.29, 0.717) is 16.5 Å². The predicted octanol–water partition coefficient (Wildman–Crippen LogP) is 3.05. The van der Waals surface area contributed by atoms with E-state index < -0.39 is 9.84 Å². The van der Waals surface area contributed by atoms with Crippen LogP contribution in [0, 0.1) is 0 Å². The second kappa shape index (κ2) is 7.80. The molecule has 1 heterocycles. The van der Waals surface area contributed by atoms with E-state index in [9.17, 15) is 13.2 Å². The third-order valence-corrected chi connectivity index (χ3v) is 5.70. The Kier molecular flexibility index (Phi) is 5.67. The lowest BCUT2D eigenvalue weighted by atomic mass is 10.1. The van der Waals surface area contributed by atoms with Gasteiger partial charge in [0.25, 0.3) is 5.91 Å². The first kappa shape index (κ1) is 18.9. The smallest absolute Gasteiger partial charge is 0.287 e. The van der Waals surface area contributed by atoms with E-state index in [-0.39, 0.29) is 29.6 Å². The fraction of sp³-hybridized carbons (Fsp3) is 0.526. The molecule has 142 valence electrons. The lowest BCUT2D eigenvalue weighted by molar-refractivity contribution is 0.0558. The molecule has 1 N–H and O–H groups in total. The number of hydrogen-bond donors (Lipinski definition) is 1. The molecular weight excluding hydrogens is 354 g/mol. The Labute approximate surface area is 153 Å². The van der Waals surface area contributed by atoms with Gasteiger partial charge in [-0.1, -0.05) is 37.5 Å². The molecule has 1 aliphatic rings. The van der Waals surface area contributed by atoms with Crippen LogP contribution >= 0.6 is 0 Å². The van der Waals surface area contributed by atoms with Crippen LogP contribution < -0.4 is 5.32 Å². The fourth-order valence-corrected chi connectivity index (χ4v) is 4.45. The summed E-state index contributed by atoms with van der Waals surface area (Å²) >= 11 is 0. The highest BCUT2D eigenvalue weighted by atomic mass is 32.2.